The smallest absolute Gasteiger partial charge is 0.233 e. The predicted octanol–water partition coefficient (Wildman–Crippen LogP) is 1.71. The van der Waals surface area contributed by atoms with Gasteiger partial charge in [-0.25, -0.2) is 17.2 Å². The second-order valence-corrected chi connectivity index (χ2v) is 6.47. The highest BCUT2D eigenvalue weighted by Crippen LogP contribution is 2.19. The van der Waals surface area contributed by atoms with Crippen LogP contribution in [0.2, 0.25) is 0 Å². The van der Waals surface area contributed by atoms with Gasteiger partial charge in [-0.1, -0.05) is 0 Å². The standard InChI is InChI=1S/C12H16F2N2O2S/c13-10-1-2-11(14)12(7-10)16-19(17,18)8-9-3-5-15-6-4-9/h1-2,7,9,15-16H,3-6,8H2. The monoisotopic (exact) mass is 290 g/mol. The molecule has 0 atom stereocenters. The molecule has 2 rings (SSSR count). The average molecular weight is 290 g/mol. The van der Waals surface area contributed by atoms with Crippen LogP contribution in [0.4, 0.5) is 14.5 Å². The fourth-order valence-electron chi connectivity index (χ4n) is 2.14. The second kappa shape index (κ2) is 5.83. The van der Waals surface area contributed by atoms with Gasteiger partial charge in [-0.05, 0) is 44.0 Å². The summed E-state index contributed by atoms with van der Waals surface area (Å²) in [7, 11) is -3.66. The number of sulfonamides is 1. The van der Waals surface area contributed by atoms with Crippen molar-refractivity contribution in [1.82, 2.24) is 5.32 Å². The molecule has 0 aromatic heterocycles. The van der Waals surface area contributed by atoms with E-state index in [9.17, 15) is 17.2 Å². The minimum absolute atomic E-state index is 0.0513. The first kappa shape index (κ1) is 14.2. The molecule has 1 heterocycles. The van der Waals surface area contributed by atoms with Crippen LogP contribution in [0.25, 0.3) is 0 Å². The van der Waals surface area contributed by atoms with Gasteiger partial charge >= 0.3 is 0 Å². The van der Waals surface area contributed by atoms with E-state index in [4.69, 9.17) is 0 Å². The summed E-state index contributed by atoms with van der Waals surface area (Å²) >= 11 is 0. The number of halogens is 2. The average Bonchev–Trinajstić information content (AvgIpc) is 2.34. The third kappa shape index (κ3) is 4.14. The fourth-order valence-corrected chi connectivity index (χ4v) is 3.67. The minimum Gasteiger partial charge on any atom is -0.317 e. The molecule has 0 saturated carbocycles. The normalized spacial score (nSPS) is 17.4. The zero-order chi connectivity index (χ0) is 13.9. The van der Waals surface area contributed by atoms with Gasteiger partial charge in [0.05, 0.1) is 11.4 Å². The molecule has 1 aliphatic rings. The summed E-state index contributed by atoms with van der Waals surface area (Å²) in [4.78, 5) is 0. The Morgan fingerprint density at radius 2 is 1.95 bits per heavy atom. The van der Waals surface area contributed by atoms with Crippen molar-refractivity contribution in [2.45, 2.75) is 12.8 Å². The van der Waals surface area contributed by atoms with Crippen molar-refractivity contribution in [2.24, 2.45) is 5.92 Å². The fraction of sp³-hybridized carbons (Fsp3) is 0.500. The summed E-state index contributed by atoms with van der Waals surface area (Å²) in [5.74, 6) is -1.48. The zero-order valence-electron chi connectivity index (χ0n) is 10.3. The van der Waals surface area contributed by atoms with Crippen molar-refractivity contribution in [3.8, 4) is 0 Å². The number of rotatable bonds is 4. The minimum atomic E-state index is -3.66. The van der Waals surface area contributed by atoms with E-state index in [2.05, 4.69) is 10.0 Å². The Kier molecular flexibility index (Phi) is 4.36. The maximum Gasteiger partial charge on any atom is 0.233 e. The summed E-state index contributed by atoms with van der Waals surface area (Å²) in [5, 5.41) is 3.14. The lowest BCUT2D eigenvalue weighted by Gasteiger charge is -2.22. The van der Waals surface area contributed by atoms with Crippen LogP contribution in [-0.4, -0.2) is 27.3 Å². The number of hydrogen-bond donors (Lipinski definition) is 2. The second-order valence-electron chi connectivity index (χ2n) is 4.70. The third-order valence-corrected chi connectivity index (χ3v) is 4.55. The predicted molar refractivity (Wildman–Crippen MR) is 69.4 cm³/mol. The van der Waals surface area contributed by atoms with E-state index in [1.807, 2.05) is 0 Å². The van der Waals surface area contributed by atoms with E-state index >= 15 is 0 Å². The van der Waals surface area contributed by atoms with E-state index in [0.717, 1.165) is 44.1 Å². The van der Waals surface area contributed by atoms with Crippen molar-refractivity contribution in [3.63, 3.8) is 0 Å². The number of piperidine rings is 1. The summed E-state index contributed by atoms with van der Waals surface area (Å²) in [6.07, 6.45) is 1.54. The lowest BCUT2D eigenvalue weighted by Crippen LogP contribution is -2.33. The van der Waals surface area contributed by atoms with Crippen molar-refractivity contribution >= 4 is 15.7 Å². The molecule has 0 spiro atoms. The number of anilines is 1. The molecule has 0 aliphatic carbocycles. The molecule has 4 nitrogen and oxygen atoms in total. The number of hydrogen-bond acceptors (Lipinski definition) is 3. The molecule has 0 bridgehead atoms. The largest absolute Gasteiger partial charge is 0.317 e. The van der Waals surface area contributed by atoms with E-state index in [1.165, 1.54) is 0 Å². The van der Waals surface area contributed by atoms with Crippen LogP contribution in [0.1, 0.15) is 12.8 Å². The number of nitrogens with one attached hydrogen (secondary N) is 2. The van der Waals surface area contributed by atoms with Crippen LogP contribution in [0.15, 0.2) is 18.2 Å². The molecule has 19 heavy (non-hydrogen) atoms. The topological polar surface area (TPSA) is 58.2 Å². The Morgan fingerprint density at radius 1 is 1.26 bits per heavy atom. The quantitative estimate of drug-likeness (QED) is 0.887. The van der Waals surface area contributed by atoms with Crippen molar-refractivity contribution < 1.29 is 17.2 Å². The SMILES string of the molecule is O=S(=O)(CC1CCNCC1)Nc1cc(F)ccc1F. The van der Waals surface area contributed by atoms with Gasteiger partial charge in [-0.2, -0.15) is 0 Å². The van der Waals surface area contributed by atoms with Crippen LogP contribution in [0.5, 0.6) is 0 Å². The lowest BCUT2D eigenvalue weighted by molar-refractivity contribution is 0.402. The van der Waals surface area contributed by atoms with Gasteiger partial charge in [-0.3, -0.25) is 4.72 Å². The van der Waals surface area contributed by atoms with Gasteiger partial charge in [0.25, 0.3) is 0 Å². The summed E-state index contributed by atoms with van der Waals surface area (Å²) in [5.41, 5.74) is -0.339. The maximum atomic E-state index is 13.4. The van der Waals surface area contributed by atoms with Crippen LogP contribution < -0.4 is 10.0 Å². The molecule has 0 amide bonds. The first-order chi connectivity index (χ1) is 8.96. The van der Waals surface area contributed by atoms with Gasteiger partial charge in [0.1, 0.15) is 11.6 Å². The van der Waals surface area contributed by atoms with Crippen LogP contribution in [0, 0.1) is 17.6 Å². The van der Waals surface area contributed by atoms with Crippen molar-refractivity contribution in [3.05, 3.63) is 29.8 Å². The molecule has 1 aromatic rings. The Labute approximate surface area is 111 Å². The highest BCUT2D eigenvalue weighted by atomic mass is 32.2. The van der Waals surface area contributed by atoms with Gasteiger partial charge in [-0.15, -0.1) is 0 Å². The zero-order valence-corrected chi connectivity index (χ0v) is 11.1. The van der Waals surface area contributed by atoms with Crippen molar-refractivity contribution in [1.29, 1.82) is 0 Å². The highest BCUT2D eigenvalue weighted by molar-refractivity contribution is 7.92. The molecular weight excluding hydrogens is 274 g/mol. The maximum absolute atomic E-state index is 13.4. The highest BCUT2D eigenvalue weighted by Gasteiger charge is 2.22. The first-order valence-corrected chi connectivity index (χ1v) is 7.78. The molecule has 1 aliphatic heterocycles. The third-order valence-electron chi connectivity index (χ3n) is 3.11. The van der Waals surface area contributed by atoms with E-state index in [0.29, 0.717) is 0 Å². The van der Waals surface area contributed by atoms with Crippen molar-refractivity contribution in [2.75, 3.05) is 23.6 Å². The van der Waals surface area contributed by atoms with E-state index in [-0.39, 0.29) is 17.4 Å². The van der Waals surface area contributed by atoms with Gasteiger partial charge in [0.15, 0.2) is 0 Å². The Morgan fingerprint density at radius 3 is 2.63 bits per heavy atom. The van der Waals surface area contributed by atoms with E-state index < -0.39 is 21.7 Å². The molecule has 1 aromatic carbocycles. The Balaban J connectivity index is 2.05. The Hall–Kier alpha value is -1.21. The Bertz CT molecular complexity index is 543. The van der Waals surface area contributed by atoms with Gasteiger partial charge in [0.2, 0.25) is 10.0 Å². The molecule has 1 fully saturated rings. The molecule has 1 saturated heterocycles. The number of benzene rings is 1. The molecule has 106 valence electrons. The van der Waals surface area contributed by atoms with Crippen LogP contribution in [0.3, 0.4) is 0 Å². The summed E-state index contributed by atoms with van der Waals surface area (Å²) in [6, 6.07) is 2.69. The molecule has 0 radical (unpaired) electrons. The summed E-state index contributed by atoms with van der Waals surface area (Å²) < 4.78 is 52.3. The molecule has 7 heteroatoms. The first-order valence-electron chi connectivity index (χ1n) is 6.12. The van der Waals surface area contributed by atoms with Gasteiger partial charge in [0, 0.05) is 6.07 Å². The summed E-state index contributed by atoms with van der Waals surface area (Å²) in [6.45, 7) is 1.57. The molecular formula is C12H16F2N2O2S. The van der Waals surface area contributed by atoms with Crippen LogP contribution in [-0.2, 0) is 10.0 Å². The van der Waals surface area contributed by atoms with Gasteiger partial charge < -0.3 is 5.32 Å². The van der Waals surface area contributed by atoms with Crippen LogP contribution >= 0.6 is 0 Å². The lowest BCUT2D eigenvalue weighted by atomic mass is 10.0. The van der Waals surface area contributed by atoms with E-state index in [1.54, 1.807) is 0 Å². The molecule has 0 unspecified atom stereocenters. The molecule has 2 N–H and O–H groups in total.